The van der Waals surface area contributed by atoms with Gasteiger partial charge < -0.3 is 0 Å². The van der Waals surface area contributed by atoms with Crippen molar-refractivity contribution in [2.75, 3.05) is 0 Å². The first-order valence-electron chi connectivity index (χ1n) is 10.1. The Morgan fingerprint density at radius 2 is 0.893 bits per heavy atom. The molecule has 0 radical (unpaired) electrons. The summed E-state index contributed by atoms with van der Waals surface area (Å²) in [4.78, 5) is 22.6. The standard InChI is InChI=1S/2C11H10O.2C2H6/c2*1-8-6-9-4-2-3-5-10(9)7-11(8)12;2*1-2/h2*2-6H,7H2,1H3;2*1-2H3. The second-order valence-electron chi connectivity index (χ2n) is 6.25. The molecule has 0 spiro atoms. The zero-order valence-corrected chi connectivity index (χ0v) is 18.0. The summed E-state index contributed by atoms with van der Waals surface area (Å²) < 4.78 is 0. The van der Waals surface area contributed by atoms with Gasteiger partial charge in [-0.1, -0.05) is 76.2 Å². The molecular weight excluding hydrogens is 344 g/mol. The highest BCUT2D eigenvalue weighted by Crippen LogP contribution is 2.21. The van der Waals surface area contributed by atoms with Crippen LogP contribution in [0.3, 0.4) is 0 Å². The number of carbonyl (C=O) groups excluding carboxylic acids is 2. The zero-order valence-electron chi connectivity index (χ0n) is 18.0. The van der Waals surface area contributed by atoms with Gasteiger partial charge in [0, 0.05) is 12.8 Å². The number of Topliss-reactive ketones (excluding diaryl/α,β-unsaturated/α-hetero) is 2. The molecule has 0 saturated heterocycles. The van der Waals surface area contributed by atoms with E-state index in [-0.39, 0.29) is 11.6 Å². The lowest BCUT2D eigenvalue weighted by Crippen LogP contribution is -2.09. The molecule has 2 aliphatic rings. The van der Waals surface area contributed by atoms with Gasteiger partial charge in [0.15, 0.2) is 11.6 Å². The van der Waals surface area contributed by atoms with Crippen LogP contribution in [0.15, 0.2) is 59.7 Å². The average Bonchev–Trinajstić information content (AvgIpc) is 2.73. The lowest BCUT2D eigenvalue weighted by atomic mass is 9.92. The highest BCUT2D eigenvalue weighted by atomic mass is 16.1. The van der Waals surface area contributed by atoms with E-state index in [1.54, 1.807) is 0 Å². The van der Waals surface area contributed by atoms with Crippen molar-refractivity contribution in [1.29, 1.82) is 0 Å². The van der Waals surface area contributed by atoms with Gasteiger partial charge in [0.1, 0.15) is 0 Å². The Bertz CT molecular complexity index is 796. The average molecular weight is 377 g/mol. The van der Waals surface area contributed by atoms with E-state index in [0.717, 1.165) is 22.3 Å². The van der Waals surface area contributed by atoms with Crippen molar-refractivity contribution < 1.29 is 9.59 Å². The summed E-state index contributed by atoms with van der Waals surface area (Å²) in [6.45, 7) is 11.7. The molecule has 28 heavy (non-hydrogen) atoms. The maximum atomic E-state index is 11.3. The molecule has 148 valence electrons. The van der Waals surface area contributed by atoms with Crippen molar-refractivity contribution in [3.8, 4) is 0 Å². The zero-order chi connectivity index (χ0) is 21.1. The fourth-order valence-corrected chi connectivity index (χ4v) is 2.92. The first-order chi connectivity index (χ1) is 13.5. The fraction of sp³-hybridized carbons (Fsp3) is 0.308. The Labute approximate surface area is 170 Å². The number of benzene rings is 2. The maximum Gasteiger partial charge on any atom is 0.162 e. The van der Waals surface area contributed by atoms with Crippen molar-refractivity contribution in [2.45, 2.75) is 54.4 Å². The molecule has 2 aromatic rings. The minimum Gasteiger partial charge on any atom is -0.294 e. The third-order valence-corrected chi connectivity index (χ3v) is 4.44. The Hall–Kier alpha value is -2.74. The quantitative estimate of drug-likeness (QED) is 0.527. The first-order valence-corrected chi connectivity index (χ1v) is 10.1. The van der Waals surface area contributed by atoms with Gasteiger partial charge in [0.2, 0.25) is 0 Å². The summed E-state index contributed by atoms with van der Waals surface area (Å²) in [7, 11) is 0. The van der Waals surface area contributed by atoms with E-state index in [4.69, 9.17) is 0 Å². The number of rotatable bonds is 0. The molecule has 0 bridgehead atoms. The van der Waals surface area contributed by atoms with Gasteiger partial charge in [-0.05, 0) is 59.4 Å². The van der Waals surface area contributed by atoms with Gasteiger partial charge >= 0.3 is 0 Å². The lowest BCUT2D eigenvalue weighted by Gasteiger charge is -2.11. The third kappa shape index (κ3) is 6.16. The maximum absolute atomic E-state index is 11.3. The minimum absolute atomic E-state index is 0.244. The van der Waals surface area contributed by atoms with Gasteiger partial charge in [-0.3, -0.25) is 9.59 Å². The number of hydrogen-bond acceptors (Lipinski definition) is 2. The smallest absolute Gasteiger partial charge is 0.162 e. The number of ketones is 2. The normalized spacial score (nSPS) is 13.6. The predicted octanol–water partition coefficient (Wildman–Crippen LogP) is 6.48. The topological polar surface area (TPSA) is 34.1 Å². The van der Waals surface area contributed by atoms with Crippen molar-refractivity contribution in [3.63, 3.8) is 0 Å². The molecule has 2 aliphatic carbocycles. The van der Waals surface area contributed by atoms with Gasteiger partial charge in [0.05, 0.1) is 0 Å². The molecule has 2 nitrogen and oxygen atoms in total. The third-order valence-electron chi connectivity index (χ3n) is 4.44. The summed E-state index contributed by atoms with van der Waals surface area (Å²) in [5, 5.41) is 0. The lowest BCUT2D eigenvalue weighted by molar-refractivity contribution is -0.115. The van der Waals surface area contributed by atoms with Crippen LogP contribution in [0, 0.1) is 0 Å². The van der Waals surface area contributed by atoms with Crippen molar-refractivity contribution in [2.24, 2.45) is 0 Å². The number of carbonyl (C=O) groups is 2. The van der Waals surface area contributed by atoms with E-state index in [2.05, 4.69) is 0 Å². The molecule has 0 N–H and O–H groups in total. The van der Waals surface area contributed by atoms with Crippen molar-refractivity contribution >= 4 is 23.7 Å². The molecule has 0 atom stereocenters. The molecule has 4 rings (SSSR count). The van der Waals surface area contributed by atoms with Crippen LogP contribution >= 0.6 is 0 Å². The second kappa shape index (κ2) is 11.9. The second-order valence-corrected chi connectivity index (χ2v) is 6.25. The molecule has 0 unspecified atom stereocenters. The summed E-state index contributed by atoms with van der Waals surface area (Å²) in [6, 6.07) is 16.1. The molecule has 0 aliphatic heterocycles. The van der Waals surface area contributed by atoms with E-state index in [9.17, 15) is 9.59 Å². The molecule has 0 saturated carbocycles. The SMILES string of the molecule is CC.CC.CC1=Cc2ccccc2CC1=O.CC1=Cc2ccccc2CC1=O. The van der Waals surface area contributed by atoms with Gasteiger partial charge in [-0.15, -0.1) is 0 Å². The minimum atomic E-state index is 0.244. The van der Waals surface area contributed by atoms with Crippen molar-refractivity contribution in [1.82, 2.24) is 0 Å². The summed E-state index contributed by atoms with van der Waals surface area (Å²) in [5.74, 6) is 0.488. The van der Waals surface area contributed by atoms with Crippen LogP contribution in [0.4, 0.5) is 0 Å². The van der Waals surface area contributed by atoms with Crippen LogP contribution in [0.25, 0.3) is 12.2 Å². The number of fused-ring (bicyclic) bond motifs is 2. The van der Waals surface area contributed by atoms with Crippen LogP contribution in [-0.4, -0.2) is 11.6 Å². The number of hydrogen-bond donors (Lipinski definition) is 0. The van der Waals surface area contributed by atoms with Crippen LogP contribution in [-0.2, 0) is 22.4 Å². The van der Waals surface area contributed by atoms with Crippen LogP contribution in [0.1, 0.15) is 63.8 Å². The van der Waals surface area contributed by atoms with E-state index >= 15 is 0 Å². The highest BCUT2D eigenvalue weighted by Gasteiger charge is 2.14. The summed E-state index contributed by atoms with van der Waals surface area (Å²) >= 11 is 0. The summed E-state index contributed by atoms with van der Waals surface area (Å²) in [5.41, 5.74) is 6.41. The Balaban J connectivity index is 0.000000238. The van der Waals surface area contributed by atoms with Crippen LogP contribution in [0.2, 0.25) is 0 Å². The van der Waals surface area contributed by atoms with E-state index < -0.39 is 0 Å². The monoisotopic (exact) mass is 376 g/mol. The first kappa shape index (κ1) is 23.3. The molecule has 0 heterocycles. The van der Waals surface area contributed by atoms with Gasteiger partial charge in [0.25, 0.3) is 0 Å². The Morgan fingerprint density at radius 1 is 0.571 bits per heavy atom. The van der Waals surface area contributed by atoms with Gasteiger partial charge in [-0.2, -0.15) is 0 Å². The van der Waals surface area contributed by atoms with E-state index in [1.807, 2.05) is 102 Å². The number of allylic oxidation sites excluding steroid dienone is 2. The van der Waals surface area contributed by atoms with E-state index in [1.165, 1.54) is 11.1 Å². The van der Waals surface area contributed by atoms with E-state index in [0.29, 0.717) is 12.8 Å². The highest BCUT2D eigenvalue weighted by molar-refractivity contribution is 6.03. The van der Waals surface area contributed by atoms with Crippen molar-refractivity contribution in [3.05, 3.63) is 81.9 Å². The molecule has 2 aromatic carbocycles. The van der Waals surface area contributed by atoms with Gasteiger partial charge in [-0.25, -0.2) is 0 Å². The predicted molar refractivity (Wildman–Crippen MR) is 120 cm³/mol. The molecule has 0 fully saturated rings. The van der Waals surface area contributed by atoms with Crippen LogP contribution in [0.5, 0.6) is 0 Å². The fourth-order valence-electron chi connectivity index (χ4n) is 2.92. The Morgan fingerprint density at radius 3 is 1.25 bits per heavy atom. The largest absolute Gasteiger partial charge is 0.294 e. The molecule has 0 amide bonds. The van der Waals surface area contributed by atoms with Crippen LogP contribution < -0.4 is 0 Å². The summed E-state index contributed by atoms with van der Waals surface area (Å²) in [6.07, 6.45) is 5.05. The Kier molecular flexibility index (Phi) is 9.87. The molecular formula is C26H32O2. The molecule has 2 heteroatoms. The molecule has 0 aromatic heterocycles.